The molecule has 0 saturated carbocycles. The molecular weight excluding hydrogens is 301 g/mol. The van der Waals surface area contributed by atoms with Crippen LogP contribution in [-0.4, -0.2) is 25.0 Å². The monoisotopic (exact) mass is 311 g/mol. The van der Waals surface area contributed by atoms with Crippen LogP contribution in [0.15, 0.2) is 16.6 Å². The second-order valence-corrected chi connectivity index (χ2v) is 4.83. The molecule has 2 rings (SSSR count). The van der Waals surface area contributed by atoms with Gasteiger partial charge in [-0.25, -0.2) is 4.39 Å². The molecule has 94 valence electrons. The van der Waals surface area contributed by atoms with Gasteiger partial charge in [-0.2, -0.15) is 5.26 Å². The Morgan fingerprint density at radius 2 is 2.33 bits per heavy atom. The van der Waals surface area contributed by atoms with E-state index in [4.69, 9.17) is 5.26 Å². The van der Waals surface area contributed by atoms with Crippen molar-refractivity contribution in [3.63, 3.8) is 0 Å². The summed E-state index contributed by atoms with van der Waals surface area (Å²) in [7, 11) is 0. The van der Waals surface area contributed by atoms with Gasteiger partial charge in [0, 0.05) is 13.1 Å². The van der Waals surface area contributed by atoms with Crippen LogP contribution in [-0.2, 0) is 4.79 Å². The number of nitrogens with one attached hydrogen (secondary N) is 1. The summed E-state index contributed by atoms with van der Waals surface area (Å²) < 4.78 is 14.3. The predicted octanol–water partition coefficient (Wildman–Crippen LogP) is 1.78. The molecule has 1 atom stereocenters. The highest BCUT2D eigenvalue weighted by Gasteiger charge is 2.28. The Morgan fingerprint density at radius 1 is 1.61 bits per heavy atom. The van der Waals surface area contributed by atoms with Gasteiger partial charge in [0.1, 0.15) is 12.1 Å². The number of anilines is 1. The number of nitriles is 1. The van der Waals surface area contributed by atoms with E-state index in [1.165, 1.54) is 6.07 Å². The van der Waals surface area contributed by atoms with Gasteiger partial charge in [0.25, 0.3) is 0 Å². The summed E-state index contributed by atoms with van der Waals surface area (Å²) in [6.45, 7) is 2.75. The van der Waals surface area contributed by atoms with E-state index in [2.05, 4.69) is 21.2 Å². The van der Waals surface area contributed by atoms with Crippen molar-refractivity contribution in [1.82, 2.24) is 5.32 Å². The van der Waals surface area contributed by atoms with Crippen molar-refractivity contribution in [2.75, 3.05) is 18.0 Å². The van der Waals surface area contributed by atoms with E-state index in [0.717, 1.165) is 0 Å². The van der Waals surface area contributed by atoms with Gasteiger partial charge in [-0.1, -0.05) is 0 Å². The average molecular weight is 312 g/mol. The molecule has 1 aliphatic rings. The molecule has 1 aliphatic heterocycles. The number of carbonyl (C=O) groups is 1. The van der Waals surface area contributed by atoms with E-state index >= 15 is 0 Å². The quantitative estimate of drug-likeness (QED) is 0.860. The van der Waals surface area contributed by atoms with Gasteiger partial charge < -0.3 is 10.2 Å². The lowest BCUT2D eigenvalue weighted by molar-refractivity contribution is -0.122. The number of nitrogens with zero attached hydrogens (tertiary/aromatic N) is 2. The molecule has 1 heterocycles. The minimum atomic E-state index is -0.504. The zero-order valence-corrected chi connectivity index (χ0v) is 11.3. The van der Waals surface area contributed by atoms with Gasteiger partial charge in [-0.05, 0) is 35.0 Å². The summed E-state index contributed by atoms with van der Waals surface area (Å²) in [5, 5.41) is 11.5. The molecule has 0 spiro atoms. The van der Waals surface area contributed by atoms with Crippen LogP contribution in [0.5, 0.6) is 0 Å². The van der Waals surface area contributed by atoms with Crippen LogP contribution in [0, 0.1) is 17.1 Å². The van der Waals surface area contributed by atoms with Crippen LogP contribution in [0.3, 0.4) is 0 Å². The first-order chi connectivity index (χ1) is 8.56. The first-order valence-electron chi connectivity index (χ1n) is 5.48. The first kappa shape index (κ1) is 12.8. The molecule has 1 fully saturated rings. The van der Waals surface area contributed by atoms with Crippen molar-refractivity contribution in [3.8, 4) is 6.07 Å². The Balaban J connectivity index is 2.43. The van der Waals surface area contributed by atoms with E-state index in [1.807, 2.05) is 6.07 Å². The first-order valence-corrected chi connectivity index (χ1v) is 6.28. The maximum absolute atomic E-state index is 14.2. The molecule has 1 N–H and O–H groups in total. The average Bonchev–Trinajstić information content (AvgIpc) is 2.37. The lowest BCUT2D eigenvalue weighted by Crippen LogP contribution is -2.54. The van der Waals surface area contributed by atoms with Crippen molar-refractivity contribution in [1.29, 1.82) is 5.26 Å². The lowest BCUT2D eigenvalue weighted by Gasteiger charge is -2.35. The van der Waals surface area contributed by atoms with Crippen molar-refractivity contribution in [2.24, 2.45) is 0 Å². The number of halogens is 2. The predicted molar refractivity (Wildman–Crippen MR) is 68.6 cm³/mol. The van der Waals surface area contributed by atoms with Gasteiger partial charge in [-0.15, -0.1) is 0 Å². The van der Waals surface area contributed by atoms with Crippen LogP contribution >= 0.6 is 15.9 Å². The third kappa shape index (κ3) is 2.06. The van der Waals surface area contributed by atoms with Crippen molar-refractivity contribution in [3.05, 3.63) is 28.0 Å². The van der Waals surface area contributed by atoms with E-state index in [0.29, 0.717) is 18.8 Å². The SMILES string of the molecule is CC1C(=O)NCCN1c1ccc(C#N)c(Br)c1F. The fourth-order valence-corrected chi connectivity index (χ4v) is 2.38. The van der Waals surface area contributed by atoms with Crippen molar-refractivity contribution < 1.29 is 9.18 Å². The highest BCUT2D eigenvalue weighted by molar-refractivity contribution is 9.10. The maximum atomic E-state index is 14.2. The largest absolute Gasteiger partial charge is 0.356 e. The summed E-state index contributed by atoms with van der Waals surface area (Å²) in [5.41, 5.74) is 0.577. The number of benzene rings is 1. The highest BCUT2D eigenvalue weighted by Crippen LogP contribution is 2.30. The van der Waals surface area contributed by atoms with Crippen LogP contribution in [0.25, 0.3) is 0 Å². The summed E-state index contributed by atoms with van der Waals surface area (Å²) in [5.74, 6) is -0.628. The van der Waals surface area contributed by atoms with Crippen LogP contribution in [0.1, 0.15) is 12.5 Å². The molecule has 1 amide bonds. The third-order valence-electron chi connectivity index (χ3n) is 2.99. The molecule has 1 unspecified atom stereocenters. The molecule has 0 aromatic heterocycles. The van der Waals surface area contributed by atoms with Gasteiger partial charge in [0.15, 0.2) is 5.82 Å². The number of piperazine rings is 1. The Morgan fingerprint density at radius 3 is 3.00 bits per heavy atom. The molecule has 4 nitrogen and oxygen atoms in total. The second kappa shape index (κ2) is 4.94. The number of hydrogen-bond acceptors (Lipinski definition) is 3. The van der Waals surface area contributed by atoms with E-state index < -0.39 is 11.9 Å². The number of carbonyl (C=O) groups excluding carboxylic acids is 1. The van der Waals surface area contributed by atoms with Crippen molar-refractivity contribution >= 4 is 27.5 Å². The summed E-state index contributed by atoms with van der Waals surface area (Å²) in [6, 6.07) is 4.56. The van der Waals surface area contributed by atoms with Crippen LogP contribution < -0.4 is 10.2 Å². The van der Waals surface area contributed by atoms with E-state index in [-0.39, 0.29) is 15.9 Å². The molecule has 6 heteroatoms. The fraction of sp³-hybridized carbons (Fsp3) is 0.333. The zero-order chi connectivity index (χ0) is 13.3. The third-order valence-corrected chi connectivity index (χ3v) is 3.77. The highest BCUT2D eigenvalue weighted by atomic mass is 79.9. The van der Waals surface area contributed by atoms with Gasteiger partial charge >= 0.3 is 0 Å². The number of amides is 1. The summed E-state index contributed by atoms with van der Waals surface area (Å²) in [6.07, 6.45) is 0. The molecule has 1 aromatic rings. The molecule has 18 heavy (non-hydrogen) atoms. The number of hydrogen-bond donors (Lipinski definition) is 1. The topological polar surface area (TPSA) is 56.1 Å². The molecular formula is C12H11BrFN3O. The maximum Gasteiger partial charge on any atom is 0.242 e. The van der Waals surface area contributed by atoms with E-state index in [9.17, 15) is 9.18 Å². The number of rotatable bonds is 1. The minimum Gasteiger partial charge on any atom is -0.356 e. The standard InChI is InChI=1S/C12H11BrFN3O/c1-7-12(18)16-4-5-17(7)9-3-2-8(6-15)10(13)11(9)14/h2-3,7H,4-5H2,1H3,(H,16,18). The molecule has 0 radical (unpaired) electrons. The Labute approximate surface area is 113 Å². The Hall–Kier alpha value is -1.61. The Bertz CT molecular complexity index is 541. The van der Waals surface area contributed by atoms with Crippen LogP contribution in [0.4, 0.5) is 10.1 Å². The molecule has 0 bridgehead atoms. The van der Waals surface area contributed by atoms with Gasteiger partial charge in [0.2, 0.25) is 5.91 Å². The van der Waals surface area contributed by atoms with Crippen LogP contribution in [0.2, 0.25) is 0 Å². The summed E-state index contributed by atoms with van der Waals surface area (Å²) >= 11 is 3.07. The van der Waals surface area contributed by atoms with Gasteiger partial charge in [-0.3, -0.25) is 4.79 Å². The normalized spacial score (nSPS) is 19.3. The van der Waals surface area contributed by atoms with Gasteiger partial charge in [0.05, 0.1) is 15.7 Å². The fourth-order valence-electron chi connectivity index (χ4n) is 1.96. The molecule has 1 aromatic carbocycles. The molecule has 1 saturated heterocycles. The lowest BCUT2D eigenvalue weighted by atomic mass is 10.1. The Kier molecular flexibility index (Phi) is 3.53. The minimum absolute atomic E-state index is 0.124. The molecule has 0 aliphatic carbocycles. The zero-order valence-electron chi connectivity index (χ0n) is 9.70. The second-order valence-electron chi connectivity index (χ2n) is 4.03. The smallest absolute Gasteiger partial charge is 0.242 e. The van der Waals surface area contributed by atoms with Crippen molar-refractivity contribution in [2.45, 2.75) is 13.0 Å². The van der Waals surface area contributed by atoms with E-state index in [1.54, 1.807) is 17.9 Å². The summed E-state index contributed by atoms with van der Waals surface area (Å²) in [4.78, 5) is 13.3.